The molecular weight excluding hydrogens is 825 g/mol. The summed E-state index contributed by atoms with van der Waals surface area (Å²) in [7, 11) is 0. The number of nitrogens with one attached hydrogen (secondary N) is 1. The van der Waals surface area contributed by atoms with Crippen molar-refractivity contribution in [1.29, 1.82) is 0 Å². The number of aryl methyl sites for hydroxylation is 2. The molecule has 0 bridgehead atoms. The summed E-state index contributed by atoms with van der Waals surface area (Å²) in [6, 6.07) is 37.3. The van der Waals surface area contributed by atoms with E-state index >= 15 is 0 Å². The molecule has 1 amide bonds. The maximum atomic E-state index is 13.1. The van der Waals surface area contributed by atoms with Crippen molar-refractivity contribution in [1.82, 2.24) is 29.7 Å². The monoisotopic (exact) mass is 874 g/mol. The van der Waals surface area contributed by atoms with Crippen LogP contribution in [0, 0.1) is 13.8 Å². The number of oxazole rings is 2. The van der Waals surface area contributed by atoms with Crippen molar-refractivity contribution in [2.24, 2.45) is 0 Å². The Morgan fingerprint density at radius 2 is 1.06 bits per heavy atom. The van der Waals surface area contributed by atoms with Crippen LogP contribution in [0.2, 0.25) is 0 Å². The molecule has 2 aliphatic heterocycles. The Hall–Kier alpha value is -7.30. The quantitative estimate of drug-likeness (QED) is 0.125. The van der Waals surface area contributed by atoms with Crippen molar-refractivity contribution in [2.75, 3.05) is 63.7 Å². The number of para-hydroxylation sites is 2. The minimum absolute atomic E-state index is 0.129. The molecule has 2 aliphatic rings. The number of carboxylic acids is 1. The van der Waals surface area contributed by atoms with Crippen molar-refractivity contribution < 1.29 is 33.0 Å². The topological polar surface area (TPSA) is 195 Å². The number of nitrogens with zero attached hydrogens (tertiary/aromatic N) is 6. The number of hydrogen-bond acceptors (Lipinski definition) is 13. The second kappa shape index (κ2) is 20.9. The van der Waals surface area contributed by atoms with Crippen LogP contribution in [-0.2, 0) is 22.6 Å². The van der Waals surface area contributed by atoms with Gasteiger partial charge in [-0.15, -0.1) is 0 Å². The van der Waals surface area contributed by atoms with Gasteiger partial charge in [-0.3, -0.25) is 14.6 Å². The van der Waals surface area contributed by atoms with Crippen molar-refractivity contribution in [3.8, 4) is 22.9 Å². The summed E-state index contributed by atoms with van der Waals surface area (Å²) in [6.45, 7) is 12.4. The molecule has 6 heterocycles. The fraction of sp³-hybridized carbons (Fsp3) is 0.240. The molecule has 0 saturated carbocycles. The van der Waals surface area contributed by atoms with Gasteiger partial charge in [0.05, 0.1) is 43.4 Å². The van der Waals surface area contributed by atoms with Gasteiger partial charge in [-0.25, -0.2) is 24.7 Å². The van der Waals surface area contributed by atoms with E-state index in [-0.39, 0.29) is 11.5 Å². The molecule has 8 aromatic rings. The molecule has 65 heavy (non-hydrogen) atoms. The standard InChI is InChI=1S/C25H24N4O3.C15H11NO3.C10H15N3O/c1-17-6-2-3-8-19(17)25-27-21-10-5-9-20(23(21)32-25)24(30)28-22-11-4-7-18(26-22)16-29-12-14-31-15-13-29;1-9-5-2-3-6-10(9)14-16-12-8-4-7-11(15(17)18)13(12)19-14;11-10-3-1-2-9(12-10)8-13-4-6-14-7-5-13/h2-11H,12-16H2,1H3,(H,26,28,30);2-8H,1H3,(H,17,18);1-3H,4-8H2,(H2,11,12). The SMILES string of the molecule is Cc1ccccc1-c1nc2cccc(C(=O)Nc3cccc(CN4CCOCC4)n3)c2o1.Cc1ccccc1-c1nc2cccc(C(=O)O)c2o1.Nc1cccc(CN2CCOCC2)n1. The second-order valence-electron chi connectivity index (χ2n) is 15.6. The lowest BCUT2D eigenvalue weighted by Gasteiger charge is -2.26. The third-order valence-corrected chi connectivity index (χ3v) is 10.9. The van der Waals surface area contributed by atoms with Gasteiger partial charge in [-0.2, -0.15) is 0 Å². The maximum Gasteiger partial charge on any atom is 0.339 e. The summed E-state index contributed by atoms with van der Waals surface area (Å²) >= 11 is 0. The molecule has 2 fully saturated rings. The predicted molar refractivity (Wildman–Crippen MR) is 248 cm³/mol. The van der Waals surface area contributed by atoms with Crippen molar-refractivity contribution >= 4 is 45.7 Å². The van der Waals surface area contributed by atoms with Crippen LogP contribution in [0.15, 0.2) is 130 Å². The van der Waals surface area contributed by atoms with E-state index in [1.54, 1.807) is 24.3 Å². The average Bonchev–Trinajstić information content (AvgIpc) is 3.96. The van der Waals surface area contributed by atoms with Gasteiger partial charge >= 0.3 is 5.97 Å². The van der Waals surface area contributed by atoms with Crippen LogP contribution in [0.4, 0.5) is 11.6 Å². The van der Waals surface area contributed by atoms with Gasteiger partial charge in [0.15, 0.2) is 11.2 Å². The first kappa shape index (κ1) is 44.3. The minimum atomic E-state index is -1.02. The Morgan fingerprint density at radius 1 is 0.585 bits per heavy atom. The molecule has 4 N–H and O–H groups in total. The number of hydrogen-bond donors (Lipinski definition) is 3. The molecule has 332 valence electrons. The van der Waals surface area contributed by atoms with E-state index < -0.39 is 5.97 Å². The van der Waals surface area contributed by atoms with Gasteiger partial charge in [0.1, 0.15) is 28.2 Å². The molecule has 0 aliphatic carbocycles. The highest BCUT2D eigenvalue weighted by Crippen LogP contribution is 2.30. The van der Waals surface area contributed by atoms with E-state index in [1.807, 2.05) is 105 Å². The number of benzene rings is 4. The van der Waals surface area contributed by atoms with Gasteiger partial charge in [-0.1, -0.05) is 60.7 Å². The number of carbonyl (C=O) groups excluding carboxylic acids is 1. The fourth-order valence-electron chi connectivity index (χ4n) is 7.49. The third-order valence-electron chi connectivity index (χ3n) is 10.9. The van der Waals surface area contributed by atoms with E-state index in [0.29, 0.717) is 51.2 Å². The Morgan fingerprint density at radius 3 is 1.58 bits per heavy atom. The molecule has 0 spiro atoms. The predicted octanol–water partition coefficient (Wildman–Crippen LogP) is 8.28. The summed E-state index contributed by atoms with van der Waals surface area (Å²) in [6.07, 6.45) is 0. The van der Waals surface area contributed by atoms with Crippen LogP contribution in [0.25, 0.3) is 45.1 Å². The number of fused-ring (bicyclic) bond motifs is 2. The van der Waals surface area contributed by atoms with Crippen molar-refractivity contribution in [2.45, 2.75) is 26.9 Å². The van der Waals surface area contributed by atoms with E-state index in [0.717, 1.165) is 99.3 Å². The van der Waals surface area contributed by atoms with E-state index in [1.165, 1.54) is 6.07 Å². The normalized spacial score (nSPS) is 14.2. The summed E-state index contributed by atoms with van der Waals surface area (Å²) < 4.78 is 22.3. The van der Waals surface area contributed by atoms with Crippen LogP contribution in [0.5, 0.6) is 0 Å². The molecule has 15 nitrogen and oxygen atoms in total. The van der Waals surface area contributed by atoms with Crippen LogP contribution < -0.4 is 11.1 Å². The molecule has 2 saturated heterocycles. The highest BCUT2D eigenvalue weighted by atomic mass is 16.5. The highest BCUT2D eigenvalue weighted by Gasteiger charge is 2.20. The zero-order valence-corrected chi connectivity index (χ0v) is 36.3. The number of ether oxygens (including phenoxy) is 2. The highest BCUT2D eigenvalue weighted by molar-refractivity contribution is 6.11. The number of pyridine rings is 2. The third kappa shape index (κ3) is 11.3. The van der Waals surface area contributed by atoms with Gasteiger partial charge in [-0.05, 0) is 85.6 Å². The Balaban J connectivity index is 0.000000147. The number of aromatic carboxylic acids is 1. The molecule has 0 radical (unpaired) electrons. The first-order valence-electron chi connectivity index (χ1n) is 21.4. The number of carboxylic acid groups (broad SMARTS) is 1. The molecule has 10 rings (SSSR count). The molecular formula is C50H50N8O7. The Bertz CT molecular complexity index is 2900. The summed E-state index contributed by atoms with van der Waals surface area (Å²) in [5, 5.41) is 12.0. The van der Waals surface area contributed by atoms with Crippen LogP contribution in [0.1, 0.15) is 43.2 Å². The van der Waals surface area contributed by atoms with Gasteiger partial charge in [0.2, 0.25) is 11.8 Å². The maximum absolute atomic E-state index is 13.1. The summed E-state index contributed by atoms with van der Waals surface area (Å²) in [4.78, 5) is 46.7. The number of carbonyl (C=O) groups is 2. The first-order chi connectivity index (χ1) is 31.7. The molecule has 4 aromatic carbocycles. The van der Waals surface area contributed by atoms with Crippen LogP contribution >= 0.6 is 0 Å². The number of rotatable bonds is 9. The number of aromatic nitrogens is 4. The number of morpholine rings is 2. The first-order valence-corrected chi connectivity index (χ1v) is 21.4. The second-order valence-corrected chi connectivity index (χ2v) is 15.6. The number of nitrogens with two attached hydrogens (primary N) is 1. The Labute approximate surface area is 375 Å². The van der Waals surface area contributed by atoms with Gasteiger partial charge < -0.3 is 34.5 Å². The zero-order valence-electron chi connectivity index (χ0n) is 36.3. The van der Waals surface area contributed by atoms with E-state index in [2.05, 4.69) is 35.1 Å². The number of amides is 1. The van der Waals surface area contributed by atoms with Crippen LogP contribution in [0.3, 0.4) is 0 Å². The fourth-order valence-corrected chi connectivity index (χ4v) is 7.49. The summed E-state index contributed by atoms with van der Waals surface area (Å²) in [5.41, 5.74) is 14.0. The van der Waals surface area contributed by atoms with Crippen molar-refractivity contribution in [3.05, 3.63) is 155 Å². The number of nitrogen functional groups attached to an aromatic ring is 1. The molecule has 4 aromatic heterocycles. The summed E-state index contributed by atoms with van der Waals surface area (Å²) in [5.74, 6) is 0.759. The Kier molecular flexibility index (Phi) is 14.3. The molecule has 0 atom stereocenters. The van der Waals surface area contributed by atoms with E-state index in [4.69, 9.17) is 29.1 Å². The number of anilines is 2. The minimum Gasteiger partial charge on any atom is -0.478 e. The molecule has 0 unspecified atom stereocenters. The van der Waals surface area contributed by atoms with Crippen molar-refractivity contribution in [3.63, 3.8) is 0 Å². The van der Waals surface area contributed by atoms with Crippen LogP contribution in [-0.4, -0.2) is 99.3 Å². The largest absolute Gasteiger partial charge is 0.478 e. The lowest BCUT2D eigenvalue weighted by molar-refractivity contribution is 0.0336. The lowest BCUT2D eigenvalue weighted by Crippen LogP contribution is -2.35. The lowest BCUT2D eigenvalue weighted by atomic mass is 10.1. The smallest absolute Gasteiger partial charge is 0.339 e. The molecule has 15 heteroatoms. The van der Waals surface area contributed by atoms with E-state index in [9.17, 15) is 9.59 Å². The van der Waals surface area contributed by atoms with Gasteiger partial charge in [0, 0.05) is 50.4 Å². The zero-order chi connectivity index (χ0) is 45.1. The van der Waals surface area contributed by atoms with Gasteiger partial charge in [0.25, 0.3) is 5.91 Å². The average molecular weight is 875 g/mol.